The molecule has 0 spiro atoms. The largest absolute Gasteiger partial charge is 0.495 e. The topological polar surface area (TPSA) is 114 Å². The van der Waals surface area contributed by atoms with E-state index in [4.69, 9.17) is 4.74 Å². The van der Waals surface area contributed by atoms with Gasteiger partial charge >= 0.3 is 0 Å². The number of imidazole rings is 1. The van der Waals surface area contributed by atoms with E-state index in [1.807, 2.05) is 6.92 Å². The first-order valence-electron chi connectivity index (χ1n) is 8.95. The lowest BCUT2D eigenvalue weighted by Crippen LogP contribution is -2.30. The zero-order valence-corrected chi connectivity index (χ0v) is 20.1. The Labute approximate surface area is 185 Å². The number of benzene rings is 1. The van der Waals surface area contributed by atoms with E-state index in [9.17, 15) is 18.6 Å². The zero-order chi connectivity index (χ0) is 21.8. The van der Waals surface area contributed by atoms with Gasteiger partial charge in [0.15, 0.2) is 9.84 Å². The molecule has 0 fully saturated rings. The normalized spacial score (nSPS) is 12.8. The summed E-state index contributed by atoms with van der Waals surface area (Å²) in [6.07, 6.45) is 0. The lowest BCUT2D eigenvalue weighted by atomic mass is 10.1. The van der Waals surface area contributed by atoms with E-state index in [-0.39, 0.29) is 23.1 Å². The molecule has 0 radical (unpaired) electrons. The number of aromatic nitrogens is 3. The minimum absolute atomic E-state index is 0. The molecule has 2 aromatic heterocycles. The molecule has 0 amide bonds. The summed E-state index contributed by atoms with van der Waals surface area (Å²) in [5, 5.41) is 25.3. The second-order valence-corrected chi connectivity index (χ2v) is 11.1. The van der Waals surface area contributed by atoms with Gasteiger partial charge in [-0.2, -0.15) is 5.10 Å². The van der Waals surface area contributed by atoms with Gasteiger partial charge in [0.1, 0.15) is 21.3 Å². The summed E-state index contributed by atoms with van der Waals surface area (Å²) in [6, 6.07) is 4.83. The molecule has 0 aliphatic rings. The molecule has 11 heteroatoms. The second-order valence-electron chi connectivity index (χ2n) is 8.14. The number of methoxy groups -OCH3 is 1. The van der Waals surface area contributed by atoms with Crippen molar-refractivity contribution in [3.63, 3.8) is 0 Å². The fraction of sp³-hybridized carbons (Fsp3) is 0.474. The van der Waals surface area contributed by atoms with Gasteiger partial charge in [0.25, 0.3) is 0 Å². The number of hydrogen-bond donors (Lipinski definition) is 2. The molecular formula is C19H26ClN3O5S2. The van der Waals surface area contributed by atoms with Crippen LogP contribution in [0.15, 0.2) is 23.1 Å². The summed E-state index contributed by atoms with van der Waals surface area (Å²) in [5.74, 6) is -0.243. The molecule has 0 saturated heterocycles. The van der Waals surface area contributed by atoms with Crippen molar-refractivity contribution in [3.05, 3.63) is 28.9 Å². The summed E-state index contributed by atoms with van der Waals surface area (Å²) in [6.45, 7) is 7.99. The highest BCUT2D eigenvalue weighted by molar-refractivity contribution is 7.91. The third-order valence-corrected chi connectivity index (χ3v) is 7.51. The van der Waals surface area contributed by atoms with E-state index in [0.717, 1.165) is 0 Å². The first kappa shape index (κ1) is 24.5. The summed E-state index contributed by atoms with van der Waals surface area (Å²) in [4.78, 5) is 5.10. The van der Waals surface area contributed by atoms with Crippen molar-refractivity contribution < 1.29 is 23.4 Å². The summed E-state index contributed by atoms with van der Waals surface area (Å²) in [7, 11) is -2.42. The third kappa shape index (κ3) is 4.78. The number of nitrogens with zero attached hydrogens (tertiary/aromatic N) is 3. The van der Waals surface area contributed by atoms with Crippen LogP contribution in [0.3, 0.4) is 0 Å². The van der Waals surface area contributed by atoms with Crippen molar-refractivity contribution in [2.45, 2.75) is 50.7 Å². The number of halogens is 1. The second kappa shape index (κ2) is 8.08. The zero-order valence-electron chi connectivity index (χ0n) is 17.6. The summed E-state index contributed by atoms with van der Waals surface area (Å²) < 4.78 is 32.7. The van der Waals surface area contributed by atoms with E-state index in [0.29, 0.717) is 26.9 Å². The molecule has 30 heavy (non-hydrogen) atoms. The predicted molar refractivity (Wildman–Crippen MR) is 118 cm³/mol. The molecule has 2 N–H and O–H groups in total. The Morgan fingerprint density at radius 3 is 2.37 bits per heavy atom. The molecule has 1 aromatic carbocycles. The van der Waals surface area contributed by atoms with Crippen LogP contribution in [0.2, 0.25) is 0 Å². The minimum atomic E-state index is -3.82. The maximum Gasteiger partial charge on any atom is 0.213 e. The molecular weight excluding hydrogens is 450 g/mol. The van der Waals surface area contributed by atoms with E-state index >= 15 is 0 Å². The molecule has 3 rings (SSSR count). The van der Waals surface area contributed by atoms with E-state index in [2.05, 4.69) is 10.1 Å². The maximum absolute atomic E-state index is 12.9. The first-order valence-corrected chi connectivity index (χ1v) is 11.4. The fourth-order valence-electron chi connectivity index (χ4n) is 3.04. The van der Waals surface area contributed by atoms with Crippen molar-refractivity contribution in [1.29, 1.82) is 0 Å². The number of rotatable bonds is 6. The van der Waals surface area contributed by atoms with Gasteiger partial charge in [-0.3, -0.25) is 0 Å². The van der Waals surface area contributed by atoms with Crippen LogP contribution in [0.5, 0.6) is 5.75 Å². The van der Waals surface area contributed by atoms with Crippen LogP contribution in [0.1, 0.15) is 38.4 Å². The molecule has 0 atom stereocenters. The average Bonchev–Trinajstić information content (AvgIpc) is 3.08. The first-order chi connectivity index (χ1) is 13.2. The Morgan fingerprint density at radius 2 is 1.83 bits per heavy atom. The Kier molecular flexibility index (Phi) is 6.61. The van der Waals surface area contributed by atoms with Gasteiger partial charge in [-0.15, -0.1) is 12.4 Å². The van der Waals surface area contributed by atoms with Crippen LogP contribution in [0.25, 0.3) is 16.2 Å². The summed E-state index contributed by atoms with van der Waals surface area (Å²) in [5.41, 5.74) is -0.595. The minimum Gasteiger partial charge on any atom is -0.495 e. The van der Waals surface area contributed by atoms with Crippen LogP contribution >= 0.6 is 23.7 Å². The van der Waals surface area contributed by atoms with Crippen LogP contribution in [0, 0.1) is 6.92 Å². The highest BCUT2D eigenvalue weighted by Crippen LogP contribution is 2.35. The van der Waals surface area contributed by atoms with Crippen molar-refractivity contribution in [2.75, 3.05) is 12.9 Å². The van der Waals surface area contributed by atoms with Crippen LogP contribution in [-0.2, 0) is 15.4 Å². The molecule has 166 valence electrons. The van der Waals surface area contributed by atoms with Crippen molar-refractivity contribution >= 4 is 38.5 Å². The number of aryl methyl sites for hydroxylation is 1. The predicted octanol–water partition coefficient (Wildman–Crippen LogP) is 2.97. The number of aliphatic hydroxyl groups is 2. The van der Waals surface area contributed by atoms with Gasteiger partial charge < -0.3 is 14.9 Å². The molecule has 2 heterocycles. The van der Waals surface area contributed by atoms with Gasteiger partial charge in [0, 0.05) is 5.56 Å². The number of hydrogen-bond acceptors (Lipinski definition) is 8. The summed E-state index contributed by atoms with van der Waals surface area (Å²) >= 11 is 1.27. The Morgan fingerprint density at radius 1 is 1.20 bits per heavy atom. The fourth-order valence-corrected chi connectivity index (χ4v) is 5.83. The van der Waals surface area contributed by atoms with Crippen molar-refractivity contribution in [2.24, 2.45) is 0 Å². The Bertz CT molecular complexity index is 1170. The molecule has 8 nitrogen and oxygen atoms in total. The van der Waals surface area contributed by atoms with Crippen LogP contribution < -0.4 is 4.74 Å². The smallest absolute Gasteiger partial charge is 0.213 e. The quantitative estimate of drug-likeness (QED) is 0.563. The number of fused-ring (bicyclic) bond motifs is 1. The van der Waals surface area contributed by atoms with Crippen LogP contribution in [0.4, 0.5) is 0 Å². The van der Waals surface area contributed by atoms with Crippen LogP contribution in [-0.4, -0.2) is 51.7 Å². The lowest BCUT2D eigenvalue weighted by Gasteiger charge is -2.18. The third-order valence-electron chi connectivity index (χ3n) is 4.22. The van der Waals surface area contributed by atoms with E-state index in [1.165, 1.54) is 38.4 Å². The number of sulfone groups is 1. The molecule has 0 saturated carbocycles. The highest BCUT2D eigenvalue weighted by atomic mass is 35.5. The standard InChI is InChI=1S/C19H25N3O5S2.ClH/c1-11-15(22-17(20-11)28-16(21-22)19(4,5)24)12-7-8-13(27-6)14(9-12)29(25,26)10-18(2,3)23;/h7-9,23-24H,10H2,1-6H3;1H. The lowest BCUT2D eigenvalue weighted by molar-refractivity contribution is 0.0773. The van der Waals surface area contributed by atoms with Gasteiger partial charge in [-0.25, -0.2) is 17.9 Å². The molecule has 0 unspecified atom stereocenters. The average molecular weight is 476 g/mol. The Hall–Kier alpha value is -1.72. The monoisotopic (exact) mass is 475 g/mol. The molecule has 0 bridgehead atoms. The van der Waals surface area contributed by atoms with Crippen molar-refractivity contribution in [3.8, 4) is 17.0 Å². The maximum atomic E-state index is 12.9. The molecule has 0 aliphatic carbocycles. The van der Waals surface area contributed by atoms with Gasteiger partial charge in [-0.1, -0.05) is 11.3 Å². The molecule has 3 aromatic rings. The van der Waals surface area contributed by atoms with E-state index < -0.39 is 26.8 Å². The van der Waals surface area contributed by atoms with E-state index in [1.54, 1.807) is 30.5 Å². The van der Waals surface area contributed by atoms with Gasteiger partial charge in [-0.05, 0) is 52.8 Å². The Balaban J connectivity index is 0.00000320. The van der Waals surface area contributed by atoms with Gasteiger partial charge in [0.2, 0.25) is 4.96 Å². The SMILES string of the molecule is COc1ccc(-c2c(C)nc3sc(C(C)(C)O)nn23)cc1S(=O)(=O)CC(C)(C)O.Cl. The van der Waals surface area contributed by atoms with Gasteiger partial charge in [0.05, 0.1) is 29.9 Å². The highest BCUT2D eigenvalue weighted by Gasteiger charge is 2.29. The van der Waals surface area contributed by atoms with Crippen molar-refractivity contribution in [1.82, 2.24) is 14.6 Å². The molecule has 0 aliphatic heterocycles. The number of ether oxygens (including phenoxy) is 1.